The zero-order valence-corrected chi connectivity index (χ0v) is 22.6. The maximum atomic E-state index is 12.7. The molecule has 10 heteroatoms. The lowest BCUT2D eigenvalue weighted by Crippen LogP contribution is -2.38. The fourth-order valence-corrected chi connectivity index (χ4v) is 4.97. The van der Waals surface area contributed by atoms with Crippen LogP contribution in [0.1, 0.15) is 43.8 Å². The van der Waals surface area contributed by atoms with Crippen LogP contribution in [0, 0.1) is 6.92 Å². The number of H-pyrrole nitrogens is 1. The van der Waals surface area contributed by atoms with E-state index in [1.54, 1.807) is 37.3 Å². The van der Waals surface area contributed by atoms with Gasteiger partial charge in [0.1, 0.15) is 0 Å². The maximum absolute atomic E-state index is 12.7. The summed E-state index contributed by atoms with van der Waals surface area (Å²) in [5.74, 6) is -1.39. The standard InChI is InChI=1S/C31H31N5O5/c1-19-16-24-25(17-23(19)31(40)41)35-30(39)27(24)28(20-6-3-2-4-7-20)34-22-10-8-21(9-11-22)29(38)33-13-15-36-14-5-12-32-26(37)18-36/h2-4,6-11,16-17,35,39H,5,12-15,18H2,1H3,(H,32,37)(H,33,38)(H,40,41). The van der Waals surface area contributed by atoms with Gasteiger partial charge in [-0.15, -0.1) is 0 Å². The number of benzene rings is 3. The third-order valence-corrected chi connectivity index (χ3v) is 7.06. The van der Waals surface area contributed by atoms with E-state index in [1.807, 2.05) is 35.2 Å². The summed E-state index contributed by atoms with van der Waals surface area (Å²) in [4.78, 5) is 45.9. The Bertz CT molecular complexity index is 1630. The molecule has 0 bridgehead atoms. The predicted molar refractivity (Wildman–Crippen MR) is 156 cm³/mol. The lowest BCUT2D eigenvalue weighted by atomic mass is 9.98. The minimum Gasteiger partial charge on any atom is -0.494 e. The molecule has 10 nitrogen and oxygen atoms in total. The van der Waals surface area contributed by atoms with Crippen molar-refractivity contribution in [3.8, 4) is 5.88 Å². The van der Waals surface area contributed by atoms with Crippen LogP contribution in [0.5, 0.6) is 5.88 Å². The van der Waals surface area contributed by atoms with Crippen LogP contribution in [0.2, 0.25) is 0 Å². The van der Waals surface area contributed by atoms with Crippen LogP contribution in [0.25, 0.3) is 10.9 Å². The van der Waals surface area contributed by atoms with Gasteiger partial charge < -0.3 is 25.8 Å². The van der Waals surface area contributed by atoms with E-state index in [9.17, 15) is 24.6 Å². The van der Waals surface area contributed by atoms with Crippen LogP contribution in [0.3, 0.4) is 0 Å². The molecule has 1 saturated heterocycles. The number of aromatic nitrogens is 1. The molecule has 41 heavy (non-hydrogen) atoms. The van der Waals surface area contributed by atoms with Crippen molar-refractivity contribution in [3.63, 3.8) is 0 Å². The average Bonchev–Trinajstić information content (AvgIpc) is 3.12. The van der Waals surface area contributed by atoms with Gasteiger partial charge in [0.15, 0.2) is 5.88 Å². The van der Waals surface area contributed by atoms with Crippen LogP contribution in [-0.2, 0) is 4.79 Å². The Balaban J connectivity index is 1.39. The van der Waals surface area contributed by atoms with Gasteiger partial charge in [0.05, 0.1) is 29.1 Å². The van der Waals surface area contributed by atoms with Crippen molar-refractivity contribution in [3.05, 3.63) is 94.5 Å². The minimum atomic E-state index is -1.05. The molecule has 5 N–H and O–H groups in total. The minimum absolute atomic E-state index is 0.000873. The number of carboxylic acid groups (broad SMARTS) is 1. The molecule has 210 valence electrons. The molecule has 0 radical (unpaired) electrons. The van der Waals surface area contributed by atoms with E-state index in [-0.39, 0.29) is 23.3 Å². The largest absolute Gasteiger partial charge is 0.494 e. The van der Waals surface area contributed by atoms with Crippen LogP contribution >= 0.6 is 0 Å². The van der Waals surface area contributed by atoms with E-state index >= 15 is 0 Å². The summed E-state index contributed by atoms with van der Waals surface area (Å²) < 4.78 is 0. The highest BCUT2D eigenvalue weighted by Crippen LogP contribution is 2.33. The first-order valence-corrected chi connectivity index (χ1v) is 13.4. The molecule has 0 saturated carbocycles. The molecule has 3 aromatic carbocycles. The number of nitrogens with one attached hydrogen (secondary N) is 3. The second-order valence-corrected chi connectivity index (χ2v) is 9.98. The highest BCUT2D eigenvalue weighted by atomic mass is 16.4. The fraction of sp³-hybridized carbons (Fsp3) is 0.226. The SMILES string of the molecule is Cc1cc2c(C(=Nc3ccc(C(=O)NCCN4CCCNC(=O)C4)cc3)c3ccccc3)c(O)[nH]c2cc1C(=O)O. The molecule has 1 aliphatic rings. The second kappa shape index (κ2) is 12.1. The highest BCUT2D eigenvalue weighted by molar-refractivity contribution is 6.22. The molecule has 5 rings (SSSR count). The molecule has 0 aliphatic carbocycles. The molecule has 2 heterocycles. The Morgan fingerprint density at radius 3 is 2.54 bits per heavy atom. The first-order chi connectivity index (χ1) is 19.8. The summed E-state index contributed by atoms with van der Waals surface area (Å²) >= 11 is 0. The number of aromatic hydroxyl groups is 1. The maximum Gasteiger partial charge on any atom is 0.336 e. The topological polar surface area (TPSA) is 147 Å². The Labute approximate surface area is 236 Å². The van der Waals surface area contributed by atoms with Crippen molar-refractivity contribution in [1.82, 2.24) is 20.5 Å². The summed E-state index contributed by atoms with van der Waals surface area (Å²) in [5, 5.41) is 26.8. The van der Waals surface area contributed by atoms with E-state index in [0.29, 0.717) is 65.2 Å². The van der Waals surface area contributed by atoms with Gasteiger partial charge in [0, 0.05) is 48.2 Å². The first kappa shape index (κ1) is 27.6. The van der Waals surface area contributed by atoms with Crippen molar-refractivity contribution in [2.75, 3.05) is 32.7 Å². The number of carboxylic acids is 1. The average molecular weight is 554 g/mol. The molecule has 0 atom stereocenters. The highest BCUT2D eigenvalue weighted by Gasteiger charge is 2.21. The quantitative estimate of drug-likeness (QED) is 0.211. The molecule has 0 spiro atoms. The fourth-order valence-electron chi connectivity index (χ4n) is 4.97. The van der Waals surface area contributed by atoms with Gasteiger partial charge >= 0.3 is 5.97 Å². The lowest BCUT2D eigenvalue weighted by Gasteiger charge is -2.18. The number of hydrogen-bond donors (Lipinski definition) is 5. The van der Waals surface area contributed by atoms with Gasteiger partial charge in [0.2, 0.25) is 5.91 Å². The Kier molecular flexibility index (Phi) is 8.11. The zero-order chi connectivity index (χ0) is 28.9. The number of aromatic amines is 1. The van der Waals surface area contributed by atoms with Gasteiger partial charge in [-0.05, 0) is 55.3 Å². The van der Waals surface area contributed by atoms with Crippen LogP contribution < -0.4 is 10.6 Å². The number of aliphatic imine (C=N–C) groups is 1. The summed E-state index contributed by atoms with van der Waals surface area (Å²) in [7, 11) is 0. The van der Waals surface area contributed by atoms with Crippen LogP contribution in [-0.4, -0.2) is 76.3 Å². The molecular formula is C31H31N5O5. The Hall–Kier alpha value is -4.96. The number of rotatable bonds is 8. The summed E-state index contributed by atoms with van der Waals surface area (Å²) in [6, 6.07) is 19.5. The molecule has 1 aliphatic heterocycles. The summed E-state index contributed by atoms with van der Waals surface area (Å²) in [6.07, 6.45) is 0.881. The number of aromatic carboxylic acids is 1. The van der Waals surface area contributed by atoms with E-state index in [4.69, 9.17) is 4.99 Å². The monoisotopic (exact) mass is 553 g/mol. The molecule has 0 unspecified atom stereocenters. The summed E-state index contributed by atoms with van der Waals surface area (Å²) in [6.45, 7) is 4.53. The number of carbonyl (C=O) groups is 3. The van der Waals surface area contributed by atoms with E-state index < -0.39 is 5.97 Å². The first-order valence-electron chi connectivity index (χ1n) is 13.4. The normalized spacial score (nSPS) is 14.5. The van der Waals surface area contributed by atoms with E-state index in [0.717, 1.165) is 18.5 Å². The third-order valence-electron chi connectivity index (χ3n) is 7.06. The number of hydrogen-bond acceptors (Lipinski definition) is 6. The molecule has 2 amide bonds. The van der Waals surface area contributed by atoms with Gasteiger partial charge in [-0.3, -0.25) is 14.5 Å². The number of aryl methyl sites for hydroxylation is 1. The summed E-state index contributed by atoms with van der Waals surface area (Å²) in [5.41, 5.74) is 3.95. The Morgan fingerprint density at radius 2 is 1.80 bits per heavy atom. The number of nitrogens with zero attached hydrogens (tertiary/aromatic N) is 2. The zero-order valence-electron chi connectivity index (χ0n) is 22.6. The van der Waals surface area contributed by atoms with Crippen LogP contribution in [0.15, 0.2) is 71.7 Å². The number of fused-ring (bicyclic) bond motifs is 1. The van der Waals surface area contributed by atoms with E-state index in [2.05, 4.69) is 15.6 Å². The van der Waals surface area contributed by atoms with Crippen LogP contribution in [0.4, 0.5) is 5.69 Å². The number of carbonyl (C=O) groups excluding carboxylic acids is 2. The van der Waals surface area contributed by atoms with Gasteiger partial charge in [0.25, 0.3) is 5.91 Å². The van der Waals surface area contributed by atoms with E-state index in [1.165, 1.54) is 6.07 Å². The Morgan fingerprint density at radius 1 is 1.05 bits per heavy atom. The smallest absolute Gasteiger partial charge is 0.336 e. The third kappa shape index (κ3) is 6.28. The molecule has 4 aromatic rings. The predicted octanol–water partition coefficient (Wildman–Crippen LogP) is 3.60. The second-order valence-electron chi connectivity index (χ2n) is 9.98. The van der Waals surface area contributed by atoms with Crippen molar-refractivity contribution in [2.24, 2.45) is 4.99 Å². The van der Waals surface area contributed by atoms with Crippen molar-refractivity contribution < 1.29 is 24.6 Å². The van der Waals surface area contributed by atoms with Gasteiger partial charge in [-0.2, -0.15) is 0 Å². The number of amides is 2. The lowest BCUT2D eigenvalue weighted by molar-refractivity contribution is -0.121. The van der Waals surface area contributed by atoms with Crippen molar-refractivity contribution >= 4 is 40.1 Å². The van der Waals surface area contributed by atoms with Crippen molar-refractivity contribution in [2.45, 2.75) is 13.3 Å². The van der Waals surface area contributed by atoms with Gasteiger partial charge in [-0.1, -0.05) is 30.3 Å². The molecular weight excluding hydrogens is 522 g/mol. The molecule has 1 aromatic heterocycles. The molecule has 1 fully saturated rings. The van der Waals surface area contributed by atoms with Crippen molar-refractivity contribution in [1.29, 1.82) is 0 Å². The van der Waals surface area contributed by atoms with Gasteiger partial charge in [-0.25, -0.2) is 9.79 Å².